The molecule has 0 saturated heterocycles. The molecule has 0 rings (SSSR count). The first-order chi connectivity index (χ1) is 9.64. The molecule has 0 aromatic rings. The summed E-state index contributed by atoms with van der Waals surface area (Å²) in [4.78, 5) is 24.9. The maximum atomic E-state index is 11.6. The van der Waals surface area contributed by atoms with Crippen LogP contribution in [0.1, 0.15) is 41.0 Å². The van der Waals surface area contributed by atoms with Crippen molar-refractivity contribution in [3.63, 3.8) is 0 Å². The molecule has 1 unspecified atom stereocenters. The second kappa shape index (κ2) is 9.84. The van der Waals surface area contributed by atoms with Gasteiger partial charge in [0, 0.05) is 19.6 Å². The highest BCUT2D eigenvalue weighted by atomic mass is 35.5. The summed E-state index contributed by atoms with van der Waals surface area (Å²) in [7, 11) is 0. The lowest BCUT2D eigenvalue weighted by Crippen LogP contribution is -2.37. The number of rotatable bonds is 8. The highest BCUT2D eigenvalue weighted by Crippen LogP contribution is 2.08. The number of likely N-dealkylation sites (N-methyl/N-ethyl adjacent to an activating group) is 1. The van der Waals surface area contributed by atoms with E-state index in [0.29, 0.717) is 26.1 Å². The Morgan fingerprint density at radius 2 is 1.90 bits per heavy atom. The van der Waals surface area contributed by atoms with E-state index in [1.165, 1.54) is 0 Å². The molecule has 0 saturated carbocycles. The van der Waals surface area contributed by atoms with E-state index in [1.807, 2.05) is 32.6 Å². The Bertz CT molecular complexity index is 329. The van der Waals surface area contributed by atoms with Crippen LogP contribution in [0.4, 0.5) is 4.79 Å². The van der Waals surface area contributed by atoms with Crippen LogP contribution >= 0.6 is 11.6 Å². The monoisotopic (exact) mass is 322 g/mol. The second-order valence-corrected chi connectivity index (χ2v) is 6.26. The summed E-state index contributed by atoms with van der Waals surface area (Å²) in [5, 5.41) is 2.60. The van der Waals surface area contributed by atoms with Gasteiger partial charge in [0.2, 0.25) is 0 Å². The zero-order valence-corrected chi connectivity index (χ0v) is 14.3. The molecule has 1 atom stereocenters. The van der Waals surface area contributed by atoms with Crippen LogP contribution in [0.5, 0.6) is 0 Å². The summed E-state index contributed by atoms with van der Waals surface area (Å²) < 4.78 is 9.99. The zero-order chi connectivity index (χ0) is 16.5. The number of alkyl carbamates (subject to hydrolysis) is 1. The van der Waals surface area contributed by atoms with E-state index < -0.39 is 17.3 Å². The molecule has 1 amide bonds. The van der Waals surface area contributed by atoms with Crippen LogP contribution in [0.3, 0.4) is 0 Å². The van der Waals surface area contributed by atoms with E-state index in [-0.39, 0.29) is 5.97 Å². The van der Waals surface area contributed by atoms with Crippen LogP contribution in [0.25, 0.3) is 0 Å². The lowest BCUT2D eigenvalue weighted by Gasteiger charge is -2.23. The first-order valence-electron chi connectivity index (χ1n) is 7.16. The normalized spacial score (nSPS) is 12.9. The van der Waals surface area contributed by atoms with Gasteiger partial charge >= 0.3 is 12.1 Å². The molecule has 0 aliphatic rings. The van der Waals surface area contributed by atoms with E-state index in [2.05, 4.69) is 5.32 Å². The fourth-order valence-corrected chi connectivity index (χ4v) is 1.66. The largest absolute Gasteiger partial charge is 0.460 e. The maximum Gasteiger partial charge on any atom is 0.408 e. The van der Waals surface area contributed by atoms with E-state index >= 15 is 0 Å². The molecule has 21 heavy (non-hydrogen) atoms. The lowest BCUT2D eigenvalue weighted by molar-refractivity contribution is -0.155. The Morgan fingerprint density at radius 1 is 1.29 bits per heavy atom. The number of hydrogen-bond acceptors (Lipinski definition) is 5. The lowest BCUT2D eigenvalue weighted by atomic mass is 10.2. The SMILES string of the molecule is CCN(CCNC(=O)OC(C)Cl)CCC(=O)OC(C)(C)C. The van der Waals surface area contributed by atoms with Gasteiger partial charge in [0.05, 0.1) is 6.42 Å². The van der Waals surface area contributed by atoms with E-state index in [4.69, 9.17) is 21.1 Å². The molecule has 0 fully saturated rings. The molecule has 0 aromatic carbocycles. The number of hydrogen-bond donors (Lipinski definition) is 1. The van der Waals surface area contributed by atoms with E-state index in [1.54, 1.807) is 6.92 Å². The van der Waals surface area contributed by atoms with Crippen molar-refractivity contribution in [3.05, 3.63) is 0 Å². The number of nitrogens with one attached hydrogen (secondary N) is 1. The minimum absolute atomic E-state index is 0.218. The van der Waals surface area contributed by atoms with Gasteiger partial charge in [-0.2, -0.15) is 0 Å². The van der Waals surface area contributed by atoms with Crippen LogP contribution in [-0.4, -0.2) is 54.3 Å². The first-order valence-corrected chi connectivity index (χ1v) is 7.60. The van der Waals surface area contributed by atoms with Crippen LogP contribution in [0, 0.1) is 0 Å². The van der Waals surface area contributed by atoms with Crippen molar-refractivity contribution in [2.24, 2.45) is 0 Å². The van der Waals surface area contributed by atoms with Gasteiger partial charge in [0.15, 0.2) is 5.56 Å². The molecular weight excluding hydrogens is 296 g/mol. The van der Waals surface area contributed by atoms with Gasteiger partial charge in [-0.15, -0.1) is 0 Å². The smallest absolute Gasteiger partial charge is 0.408 e. The van der Waals surface area contributed by atoms with Crippen LogP contribution in [0.2, 0.25) is 0 Å². The average molecular weight is 323 g/mol. The third-order valence-corrected chi connectivity index (χ3v) is 2.56. The Morgan fingerprint density at radius 3 is 2.38 bits per heavy atom. The molecule has 0 heterocycles. The molecule has 0 aliphatic carbocycles. The van der Waals surface area contributed by atoms with Gasteiger partial charge in [-0.25, -0.2) is 4.79 Å². The molecule has 7 heteroatoms. The molecule has 6 nitrogen and oxygen atoms in total. The quantitative estimate of drug-likeness (QED) is 0.549. The molecule has 1 N–H and O–H groups in total. The van der Waals surface area contributed by atoms with Crippen molar-refractivity contribution in [1.29, 1.82) is 0 Å². The fourth-order valence-electron chi connectivity index (χ4n) is 1.58. The Balaban J connectivity index is 3.91. The van der Waals surface area contributed by atoms with Gasteiger partial charge in [-0.1, -0.05) is 18.5 Å². The Hall–Kier alpha value is -1.01. The van der Waals surface area contributed by atoms with Crippen molar-refractivity contribution in [2.45, 2.75) is 52.2 Å². The third kappa shape index (κ3) is 12.4. The molecular formula is C14H27ClN2O4. The van der Waals surface area contributed by atoms with Gasteiger partial charge in [-0.3, -0.25) is 4.79 Å². The topological polar surface area (TPSA) is 67.9 Å². The van der Waals surface area contributed by atoms with Crippen molar-refractivity contribution in [2.75, 3.05) is 26.2 Å². The molecule has 0 aliphatic heterocycles. The van der Waals surface area contributed by atoms with Gasteiger partial charge in [-0.05, 0) is 34.2 Å². The molecule has 0 spiro atoms. The number of halogens is 1. The average Bonchev–Trinajstić information content (AvgIpc) is 2.30. The number of carbonyl (C=O) groups excluding carboxylic acids is 2. The van der Waals surface area contributed by atoms with E-state index in [9.17, 15) is 9.59 Å². The number of alkyl halides is 1. The molecule has 124 valence electrons. The predicted molar refractivity (Wildman–Crippen MR) is 82.4 cm³/mol. The number of nitrogens with zero attached hydrogens (tertiary/aromatic N) is 1. The van der Waals surface area contributed by atoms with Crippen molar-refractivity contribution in [1.82, 2.24) is 10.2 Å². The number of amides is 1. The summed E-state index contributed by atoms with van der Waals surface area (Å²) in [6, 6.07) is 0. The second-order valence-electron chi connectivity index (χ2n) is 5.65. The van der Waals surface area contributed by atoms with Gasteiger partial charge in [0.25, 0.3) is 0 Å². The first kappa shape index (κ1) is 20.0. The van der Waals surface area contributed by atoms with Crippen molar-refractivity contribution >= 4 is 23.7 Å². The molecule has 0 radical (unpaired) electrons. The third-order valence-electron chi connectivity index (χ3n) is 2.47. The number of ether oxygens (including phenoxy) is 2. The summed E-state index contributed by atoms with van der Waals surface area (Å²) in [5.41, 5.74) is -1.11. The van der Waals surface area contributed by atoms with Crippen molar-refractivity contribution < 1.29 is 19.1 Å². The highest BCUT2D eigenvalue weighted by Gasteiger charge is 2.16. The summed E-state index contributed by atoms with van der Waals surface area (Å²) in [5.74, 6) is -0.218. The Labute approximate surface area is 132 Å². The zero-order valence-electron chi connectivity index (χ0n) is 13.6. The molecule has 0 aromatic heterocycles. The minimum Gasteiger partial charge on any atom is -0.460 e. The standard InChI is InChI=1S/C14H27ClN2O4/c1-6-17(9-7-12(18)21-14(3,4)5)10-8-16-13(19)20-11(2)15/h11H,6-10H2,1-5H3,(H,16,19). The molecule has 0 bridgehead atoms. The fraction of sp³-hybridized carbons (Fsp3) is 0.857. The number of esters is 1. The van der Waals surface area contributed by atoms with Crippen LogP contribution in [-0.2, 0) is 14.3 Å². The Kier molecular flexibility index (Phi) is 9.37. The minimum atomic E-state index is -0.653. The van der Waals surface area contributed by atoms with E-state index in [0.717, 1.165) is 6.54 Å². The summed E-state index contributed by atoms with van der Waals surface area (Å²) in [6.45, 7) is 11.5. The maximum absolute atomic E-state index is 11.6. The summed E-state index contributed by atoms with van der Waals surface area (Å²) >= 11 is 5.53. The highest BCUT2D eigenvalue weighted by molar-refractivity contribution is 6.19. The van der Waals surface area contributed by atoms with Gasteiger partial charge < -0.3 is 19.7 Å². The predicted octanol–water partition coefficient (Wildman–Crippen LogP) is 2.35. The van der Waals surface area contributed by atoms with Crippen molar-refractivity contribution in [3.8, 4) is 0 Å². The number of carbonyl (C=O) groups is 2. The van der Waals surface area contributed by atoms with Crippen LogP contribution in [0.15, 0.2) is 0 Å². The van der Waals surface area contributed by atoms with Crippen LogP contribution < -0.4 is 5.32 Å². The summed E-state index contributed by atoms with van der Waals surface area (Å²) in [6.07, 6.45) is -0.213. The van der Waals surface area contributed by atoms with Gasteiger partial charge in [0.1, 0.15) is 5.60 Å².